The van der Waals surface area contributed by atoms with Crippen molar-refractivity contribution in [1.29, 1.82) is 0 Å². The molecule has 8 heteroatoms. The highest BCUT2D eigenvalue weighted by Gasteiger charge is 2.07. The second-order valence-electron chi connectivity index (χ2n) is 4.75. The van der Waals surface area contributed by atoms with Crippen LogP contribution in [-0.4, -0.2) is 14.9 Å². The number of aromatic nitrogens is 2. The summed E-state index contributed by atoms with van der Waals surface area (Å²) in [5, 5.41) is 10.6. The number of non-ortho nitro benzene ring substituents is 1. The average molecular weight is 388 g/mol. The first-order valence-electron chi connectivity index (χ1n) is 6.77. The smallest absolute Gasteiger partial charge is 0.270 e. The molecule has 2 aromatic heterocycles. The van der Waals surface area contributed by atoms with Gasteiger partial charge in [0.15, 0.2) is 0 Å². The zero-order chi connectivity index (χ0) is 17.5. The normalized spacial score (nSPS) is 9.71. The van der Waals surface area contributed by atoms with Crippen LogP contribution < -0.4 is 11.5 Å². The highest BCUT2D eigenvalue weighted by molar-refractivity contribution is 9.10. The number of nitro groups is 1. The summed E-state index contributed by atoms with van der Waals surface area (Å²) in [6.45, 7) is 0. The van der Waals surface area contributed by atoms with Gasteiger partial charge in [-0.05, 0) is 33.6 Å². The fourth-order valence-corrected chi connectivity index (χ4v) is 2.23. The summed E-state index contributed by atoms with van der Waals surface area (Å²) in [6, 6.07) is 9.89. The number of hydrogen-bond acceptors (Lipinski definition) is 6. The quantitative estimate of drug-likeness (QED) is 0.510. The highest BCUT2D eigenvalue weighted by atomic mass is 79.9. The van der Waals surface area contributed by atoms with E-state index in [4.69, 9.17) is 11.5 Å². The second kappa shape index (κ2) is 8.02. The van der Waals surface area contributed by atoms with Crippen molar-refractivity contribution in [2.75, 3.05) is 11.5 Å². The van der Waals surface area contributed by atoms with Crippen LogP contribution in [0.3, 0.4) is 0 Å². The van der Waals surface area contributed by atoms with Crippen molar-refractivity contribution in [3.63, 3.8) is 0 Å². The molecule has 0 aliphatic carbocycles. The van der Waals surface area contributed by atoms with Gasteiger partial charge in [0.25, 0.3) is 5.69 Å². The molecule has 0 atom stereocenters. The fourth-order valence-electron chi connectivity index (χ4n) is 1.84. The first-order chi connectivity index (χ1) is 11.5. The number of pyridine rings is 2. The summed E-state index contributed by atoms with van der Waals surface area (Å²) >= 11 is 3.22. The molecular formula is C16H14BrN5O2. The van der Waals surface area contributed by atoms with Crippen LogP contribution in [0.4, 0.5) is 17.1 Å². The number of nitro benzene ring substituents is 1. The predicted octanol–water partition coefficient (Wildman–Crippen LogP) is 3.67. The van der Waals surface area contributed by atoms with Crippen LogP contribution in [0.5, 0.6) is 0 Å². The molecule has 0 saturated carbocycles. The molecule has 24 heavy (non-hydrogen) atoms. The summed E-state index contributed by atoms with van der Waals surface area (Å²) in [5.74, 6) is 0. The van der Waals surface area contributed by atoms with Gasteiger partial charge in [-0.15, -0.1) is 0 Å². The number of anilines is 2. The van der Waals surface area contributed by atoms with Gasteiger partial charge in [0.1, 0.15) is 0 Å². The fraction of sp³-hybridized carbons (Fsp3) is 0. The number of nitrogens with zero attached hydrogens (tertiary/aromatic N) is 3. The molecule has 122 valence electrons. The molecule has 0 fully saturated rings. The van der Waals surface area contributed by atoms with Crippen molar-refractivity contribution in [1.82, 2.24) is 9.97 Å². The van der Waals surface area contributed by atoms with Gasteiger partial charge < -0.3 is 11.5 Å². The van der Waals surface area contributed by atoms with Gasteiger partial charge in [-0.3, -0.25) is 20.1 Å². The van der Waals surface area contributed by atoms with Crippen LogP contribution in [0, 0.1) is 10.1 Å². The Morgan fingerprint density at radius 2 is 1.58 bits per heavy atom. The zero-order valence-electron chi connectivity index (χ0n) is 12.5. The molecule has 0 unspecified atom stereocenters. The van der Waals surface area contributed by atoms with E-state index < -0.39 is 4.92 Å². The Hall–Kier alpha value is -3.00. The maximum atomic E-state index is 10.6. The number of halogens is 1. The Kier molecular flexibility index (Phi) is 5.80. The topological polar surface area (TPSA) is 121 Å². The van der Waals surface area contributed by atoms with Crippen LogP contribution in [-0.2, 0) is 0 Å². The third-order valence-corrected chi connectivity index (χ3v) is 3.31. The molecule has 4 N–H and O–H groups in total. The Labute approximate surface area is 146 Å². The molecule has 7 nitrogen and oxygen atoms in total. The van der Waals surface area contributed by atoms with Crippen molar-refractivity contribution in [2.24, 2.45) is 0 Å². The minimum Gasteiger partial charge on any atom is -0.397 e. The molecule has 3 rings (SSSR count). The number of nitrogens with two attached hydrogens (primary N) is 2. The Morgan fingerprint density at radius 3 is 2.12 bits per heavy atom. The lowest BCUT2D eigenvalue weighted by molar-refractivity contribution is -0.384. The van der Waals surface area contributed by atoms with E-state index in [2.05, 4.69) is 25.9 Å². The van der Waals surface area contributed by atoms with E-state index in [1.807, 2.05) is 0 Å². The maximum absolute atomic E-state index is 10.6. The summed E-state index contributed by atoms with van der Waals surface area (Å²) < 4.78 is 0.914. The van der Waals surface area contributed by atoms with Crippen molar-refractivity contribution < 1.29 is 4.92 Å². The van der Waals surface area contributed by atoms with Crippen molar-refractivity contribution in [2.45, 2.75) is 0 Å². The molecule has 3 aromatic rings. The Balaban J connectivity index is 0.000000219. The number of rotatable bonds is 2. The summed E-state index contributed by atoms with van der Waals surface area (Å²) in [5.41, 5.74) is 13.7. The molecule has 0 bridgehead atoms. The highest BCUT2D eigenvalue weighted by Crippen LogP contribution is 2.24. The zero-order valence-corrected chi connectivity index (χ0v) is 14.1. The molecule has 0 saturated heterocycles. The van der Waals surface area contributed by atoms with Gasteiger partial charge in [0.05, 0.1) is 16.3 Å². The van der Waals surface area contributed by atoms with E-state index in [1.165, 1.54) is 18.3 Å². The monoisotopic (exact) mass is 387 g/mol. The summed E-state index contributed by atoms with van der Waals surface area (Å²) in [6.07, 6.45) is 6.44. The summed E-state index contributed by atoms with van der Waals surface area (Å²) in [4.78, 5) is 17.9. The van der Waals surface area contributed by atoms with E-state index in [-0.39, 0.29) is 5.69 Å². The standard InChI is InChI=1S/C11H9N3O2.C5H5BrN2/c12-10-4-9(6-13-7-10)8-2-1-3-11(5-8)14(15)16;6-4-1-5(7)3-8-2-4/h1-7H,12H2;1-3H,7H2. The molecule has 1 aromatic carbocycles. The molecule has 0 aliphatic rings. The average Bonchev–Trinajstić information content (AvgIpc) is 2.55. The minimum atomic E-state index is -0.427. The van der Waals surface area contributed by atoms with E-state index in [0.29, 0.717) is 11.4 Å². The Morgan fingerprint density at radius 1 is 0.917 bits per heavy atom. The Bertz CT molecular complexity index is 840. The van der Waals surface area contributed by atoms with E-state index in [9.17, 15) is 10.1 Å². The van der Waals surface area contributed by atoms with Crippen molar-refractivity contribution in [3.8, 4) is 11.1 Å². The third-order valence-electron chi connectivity index (χ3n) is 2.88. The van der Waals surface area contributed by atoms with Crippen molar-refractivity contribution in [3.05, 3.63) is 75.8 Å². The van der Waals surface area contributed by atoms with Gasteiger partial charge >= 0.3 is 0 Å². The van der Waals surface area contributed by atoms with Gasteiger partial charge in [-0.1, -0.05) is 12.1 Å². The molecule has 2 heterocycles. The van der Waals surface area contributed by atoms with Gasteiger partial charge in [0.2, 0.25) is 0 Å². The van der Waals surface area contributed by atoms with E-state index in [0.717, 1.165) is 15.6 Å². The molecule has 0 aliphatic heterocycles. The number of nitrogen functional groups attached to an aromatic ring is 2. The molecule has 0 radical (unpaired) electrons. The predicted molar refractivity (Wildman–Crippen MR) is 97.1 cm³/mol. The van der Waals surface area contributed by atoms with Crippen LogP contribution >= 0.6 is 15.9 Å². The lowest BCUT2D eigenvalue weighted by Crippen LogP contribution is -1.90. The molecule has 0 spiro atoms. The lowest BCUT2D eigenvalue weighted by atomic mass is 10.1. The lowest BCUT2D eigenvalue weighted by Gasteiger charge is -2.01. The first kappa shape index (κ1) is 17.4. The number of benzene rings is 1. The van der Waals surface area contributed by atoms with Crippen molar-refractivity contribution >= 4 is 33.0 Å². The summed E-state index contributed by atoms with van der Waals surface area (Å²) in [7, 11) is 0. The SMILES string of the molecule is Nc1cncc(-c2cccc([N+](=O)[O-])c2)c1.Nc1cncc(Br)c1. The minimum absolute atomic E-state index is 0.0555. The number of hydrogen-bond donors (Lipinski definition) is 2. The van der Waals surface area contributed by atoms with Gasteiger partial charge in [0, 0.05) is 47.0 Å². The third kappa shape index (κ3) is 5.03. The first-order valence-corrected chi connectivity index (χ1v) is 7.56. The molecule has 0 amide bonds. The van der Waals surface area contributed by atoms with Gasteiger partial charge in [-0.2, -0.15) is 0 Å². The van der Waals surface area contributed by atoms with Gasteiger partial charge in [-0.25, -0.2) is 0 Å². The molecular weight excluding hydrogens is 374 g/mol. The van der Waals surface area contributed by atoms with Crippen LogP contribution in [0.2, 0.25) is 0 Å². The largest absolute Gasteiger partial charge is 0.397 e. The van der Waals surface area contributed by atoms with E-state index >= 15 is 0 Å². The van der Waals surface area contributed by atoms with E-state index in [1.54, 1.807) is 42.9 Å². The second-order valence-corrected chi connectivity index (χ2v) is 5.67. The van der Waals surface area contributed by atoms with Crippen LogP contribution in [0.1, 0.15) is 0 Å². The maximum Gasteiger partial charge on any atom is 0.270 e. The van der Waals surface area contributed by atoms with Crippen LogP contribution in [0.15, 0.2) is 65.7 Å². The van der Waals surface area contributed by atoms with Crippen LogP contribution in [0.25, 0.3) is 11.1 Å².